The number of nitrogens with zero attached hydrogens (tertiary/aromatic N) is 2. The molecule has 0 amide bonds. The Kier molecular flexibility index (Phi) is 4.28. The van der Waals surface area contributed by atoms with Crippen molar-refractivity contribution >= 4 is 21.9 Å². The summed E-state index contributed by atoms with van der Waals surface area (Å²) in [7, 11) is 0. The average molecular weight is 307 g/mol. The first kappa shape index (κ1) is 13.0. The largest absolute Gasteiger partial charge is 0.353 e. The molecule has 3 N–H and O–H groups in total. The molecule has 0 radical (unpaired) electrons. The van der Waals surface area contributed by atoms with E-state index in [1.807, 2.05) is 37.4 Å². The van der Waals surface area contributed by atoms with Gasteiger partial charge in [-0.3, -0.25) is 0 Å². The van der Waals surface area contributed by atoms with E-state index >= 15 is 0 Å². The molecule has 0 aliphatic carbocycles. The van der Waals surface area contributed by atoms with E-state index in [-0.39, 0.29) is 0 Å². The number of aromatic nitrogens is 2. The van der Waals surface area contributed by atoms with Crippen molar-refractivity contribution in [2.75, 3.05) is 18.4 Å². The second-order valence-corrected chi connectivity index (χ2v) is 4.87. The number of benzene rings is 1. The van der Waals surface area contributed by atoms with E-state index in [1.165, 1.54) is 0 Å². The monoisotopic (exact) mass is 306 g/mol. The second kappa shape index (κ2) is 5.93. The summed E-state index contributed by atoms with van der Waals surface area (Å²) < 4.78 is 1.04. The highest BCUT2D eigenvalue weighted by Crippen LogP contribution is 2.24. The molecule has 0 unspecified atom stereocenters. The van der Waals surface area contributed by atoms with Gasteiger partial charge in [-0.15, -0.1) is 0 Å². The van der Waals surface area contributed by atoms with Crippen LogP contribution in [0.1, 0.15) is 5.56 Å². The summed E-state index contributed by atoms with van der Waals surface area (Å²) in [4.78, 5) is 8.76. The lowest BCUT2D eigenvalue weighted by Crippen LogP contribution is -2.15. The summed E-state index contributed by atoms with van der Waals surface area (Å²) in [6.45, 7) is 3.23. The van der Waals surface area contributed by atoms with Crippen LogP contribution in [0.5, 0.6) is 0 Å². The zero-order valence-corrected chi connectivity index (χ0v) is 11.7. The van der Waals surface area contributed by atoms with Crippen molar-refractivity contribution in [2.45, 2.75) is 6.92 Å². The summed E-state index contributed by atoms with van der Waals surface area (Å²) in [6, 6.07) is 8.07. The zero-order valence-electron chi connectivity index (χ0n) is 10.2. The molecule has 0 spiro atoms. The van der Waals surface area contributed by atoms with Crippen LogP contribution in [0.3, 0.4) is 0 Å². The third-order valence-electron chi connectivity index (χ3n) is 2.50. The number of hydrogen-bond donors (Lipinski definition) is 2. The SMILES string of the molecule is Cc1cnc(NCCN)nc1-c1cccc(Br)c1. The number of hydrogen-bond acceptors (Lipinski definition) is 4. The topological polar surface area (TPSA) is 63.8 Å². The summed E-state index contributed by atoms with van der Waals surface area (Å²) in [5.41, 5.74) is 8.50. The number of rotatable bonds is 4. The smallest absolute Gasteiger partial charge is 0.223 e. The van der Waals surface area contributed by atoms with Crippen LogP contribution in [0, 0.1) is 6.92 Å². The fraction of sp³-hybridized carbons (Fsp3) is 0.231. The Balaban J connectivity index is 2.37. The molecule has 18 heavy (non-hydrogen) atoms. The fourth-order valence-electron chi connectivity index (χ4n) is 1.64. The van der Waals surface area contributed by atoms with Gasteiger partial charge in [-0.05, 0) is 24.6 Å². The van der Waals surface area contributed by atoms with Crippen molar-refractivity contribution in [3.05, 3.63) is 40.5 Å². The van der Waals surface area contributed by atoms with Gasteiger partial charge < -0.3 is 11.1 Å². The fourth-order valence-corrected chi connectivity index (χ4v) is 2.04. The van der Waals surface area contributed by atoms with Crippen molar-refractivity contribution in [3.63, 3.8) is 0 Å². The summed E-state index contributed by atoms with van der Waals surface area (Å²) in [6.07, 6.45) is 1.82. The lowest BCUT2D eigenvalue weighted by Gasteiger charge is -2.08. The maximum atomic E-state index is 5.45. The minimum atomic E-state index is 0.559. The minimum absolute atomic E-state index is 0.559. The number of aryl methyl sites for hydroxylation is 1. The number of halogens is 1. The summed E-state index contributed by atoms with van der Waals surface area (Å²) >= 11 is 3.47. The van der Waals surface area contributed by atoms with Crippen LogP contribution in [0.2, 0.25) is 0 Å². The van der Waals surface area contributed by atoms with Crippen LogP contribution in [-0.2, 0) is 0 Å². The first-order chi connectivity index (χ1) is 8.70. The molecule has 5 heteroatoms. The zero-order chi connectivity index (χ0) is 13.0. The van der Waals surface area contributed by atoms with Crippen molar-refractivity contribution in [2.24, 2.45) is 5.73 Å². The third kappa shape index (κ3) is 3.05. The Labute approximate surface area is 115 Å². The van der Waals surface area contributed by atoms with Crippen molar-refractivity contribution in [1.29, 1.82) is 0 Å². The van der Waals surface area contributed by atoms with E-state index in [4.69, 9.17) is 5.73 Å². The van der Waals surface area contributed by atoms with Gasteiger partial charge in [0.25, 0.3) is 0 Å². The van der Waals surface area contributed by atoms with Gasteiger partial charge in [0.1, 0.15) is 0 Å². The van der Waals surface area contributed by atoms with Gasteiger partial charge in [0, 0.05) is 29.3 Å². The van der Waals surface area contributed by atoms with E-state index in [0.29, 0.717) is 19.0 Å². The highest BCUT2D eigenvalue weighted by atomic mass is 79.9. The molecule has 94 valence electrons. The van der Waals surface area contributed by atoms with E-state index in [0.717, 1.165) is 21.3 Å². The van der Waals surface area contributed by atoms with Crippen LogP contribution in [0.25, 0.3) is 11.3 Å². The molecule has 0 fully saturated rings. The lowest BCUT2D eigenvalue weighted by atomic mass is 10.1. The molecule has 2 rings (SSSR count). The van der Waals surface area contributed by atoms with Crippen molar-refractivity contribution in [3.8, 4) is 11.3 Å². The van der Waals surface area contributed by atoms with Gasteiger partial charge >= 0.3 is 0 Å². The lowest BCUT2D eigenvalue weighted by molar-refractivity contribution is 0.986. The van der Waals surface area contributed by atoms with Crippen LogP contribution in [0.15, 0.2) is 34.9 Å². The Morgan fingerprint density at radius 3 is 2.94 bits per heavy atom. The molecule has 0 bridgehead atoms. The van der Waals surface area contributed by atoms with Gasteiger partial charge in [-0.2, -0.15) is 0 Å². The van der Waals surface area contributed by atoms with Crippen molar-refractivity contribution < 1.29 is 0 Å². The predicted molar refractivity (Wildman–Crippen MR) is 77.4 cm³/mol. The molecular weight excluding hydrogens is 292 g/mol. The summed E-state index contributed by atoms with van der Waals surface area (Å²) in [5, 5.41) is 3.09. The Morgan fingerprint density at radius 2 is 2.22 bits per heavy atom. The molecule has 4 nitrogen and oxygen atoms in total. The minimum Gasteiger partial charge on any atom is -0.353 e. The maximum Gasteiger partial charge on any atom is 0.223 e. The number of anilines is 1. The predicted octanol–water partition coefficient (Wildman–Crippen LogP) is 2.59. The third-order valence-corrected chi connectivity index (χ3v) is 2.99. The van der Waals surface area contributed by atoms with Gasteiger partial charge in [0.2, 0.25) is 5.95 Å². The number of nitrogens with one attached hydrogen (secondary N) is 1. The normalized spacial score (nSPS) is 10.4. The first-order valence-corrected chi connectivity index (χ1v) is 6.53. The van der Waals surface area contributed by atoms with E-state index in [1.54, 1.807) is 0 Å². The Bertz CT molecular complexity index is 542. The van der Waals surface area contributed by atoms with E-state index in [9.17, 15) is 0 Å². The molecule has 0 saturated heterocycles. The highest BCUT2D eigenvalue weighted by molar-refractivity contribution is 9.10. The molecule has 0 saturated carbocycles. The van der Waals surface area contributed by atoms with Crippen LogP contribution in [0.4, 0.5) is 5.95 Å². The maximum absolute atomic E-state index is 5.45. The van der Waals surface area contributed by atoms with Crippen molar-refractivity contribution in [1.82, 2.24) is 9.97 Å². The Hall–Kier alpha value is -1.46. The average Bonchev–Trinajstić information content (AvgIpc) is 2.38. The van der Waals surface area contributed by atoms with Crippen LogP contribution >= 0.6 is 15.9 Å². The molecule has 2 aromatic rings. The second-order valence-electron chi connectivity index (χ2n) is 3.95. The molecule has 1 aromatic carbocycles. The quantitative estimate of drug-likeness (QED) is 0.911. The highest BCUT2D eigenvalue weighted by Gasteiger charge is 2.06. The standard InChI is InChI=1S/C13H15BrN4/c1-9-8-17-13(16-6-5-15)18-12(9)10-3-2-4-11(14)7-10/h2-4,7-8H,5-6,15H2,1H3,(H,16,17,18). The molecule has 0 atom stereocenters. The molecule has 0 aliphatic rings. The Morgan fingerprint density at radius 1 is 1.39 bits per heavy atom. The van der Waals surface area contributed by atoms with Gasteiger partial charge in [0.05, 0.1) is 5.69 Å². The molecule has 0 aliphatic heterocycles. The van der Waals surface area contributed by atoms with Gasteiger partial charge in [-0.1, -0.05) is 28.1 Å². The van der Waals surface area contributed by atoms with Gasteiger partial charge in [-0.25, -0.2) is 9.97 Å². The number of nitrogens with two attached hydrogens (primary N) is 1. The molecular formula is C13H15BrN4. The van der Waals surface area contributed by atoms with Crippen LogP contribution in [-0.4, -0.2) is 23.1 Å². The summed E-state index contributed by atoms with van der Waals surface area (Å²) in [5.74, 6) is 0.612. The molecule has 1 heterocycles. The van der Waals surface area contributed by atoms with E-state index in [2.05, 4.69) is 31.2 Å². The first-order valence-electron chi connectivity index (χ1n) is 5.74. The van der Waals surface area contributed by atoms with Gasteiger partial charge in [0.15, 0.2) is 0 Å². The molecule has 1 aromatic heterocycles. The van der Waals surface area contributed by atoms with E-state index < -0.39 is 0 Å². The van der Waals surface area contributed by atoms with Crippen LogP contribution < -0.4 is 11.1 Å².